The maximum atomic E-state index is 13.0. The van der Waals surface area contributed by atoms with Crippen molar-refractivity contribution < 1.29 is 35.1 Å². The Kier molecular flexibility index (Phi) is 5.04. The molecule has 0 rings (SSSR count). The predicted molar refractivity (Wildman–Crippen MR) is 49.3 cm³/mol. The van der Waals surface area contributed by atoms with Gasteiger partial charge in [0.05, 0.1) is 0 Å². The van der Waals surface area contributed by atoms with Crippen molar-refractivity contribution in [3.05, 3.63) is 6.42 Å². The predicted octanol–water partition coefficient (Wildman–Crippen LogP) is 4.94. The lowest BCUT2D eigenvalue weighted by molar-refractivity contribution is -0.238. The number of hydrogen-bond acceptors (Lipinski definition) is 0. The summed E-state index contributed by atoms with van der Waals surface area (Å²) in [6, 6.07) is 0. The number of hydrogen-bond donors (Lipinski definition) is 0. The Morgan fingerprint density at radius 1 is 0.722 bits per heavy atom. The Morgan fingerprint density at radius 3 is 1.44 bits per heavy atom. The standard InChI is InChI=1S/C10H13F8/c1-3-4-9(15,16)10(17,18)6-5-8(13,14)7(2,11)12/h3H,4-6H2,1-2H3. The largest absolute Gasteiger partial charge is 0.310 e. The van der Waals surface area contributed by atoms with Gasteiger partial charge in [-0.3, -0.25) is 0 Å². The van der Waals surface area contributed by atoms with E-state index in [9.17, 15) is 35.1 Å². The molecule has 0 amide bonds. The minimum Gasteiger partial charge on any atom is -0.200 e. The summed E-state index contributed by atoms with van der Waals surface area (Å²) in [4.78, 5) is 0. The molecule has 0 atom stereocenters. The summed E-state index contributed by atoms with van der Waals surface area (Å²) >= 11 is 0. The molecule has 0 aliphatic rings. The zero-order valence-corrected chi connectivity index (χ0v) is 9.72. The first kappa shape index (κ1) is 17.4. The highest BCUT2D eigenvalue weighted by molar-refractivity contribution is 4.91. The van der Waals surface area contributed by atoms with E-state index in [1.54, 1.807) is 0 Å². The topological polar surface area (TPSA) is 0 Å². The molecule has 0 aromatic heterocycles. The zero-order chi connectivity index (χ0) is 14.8. The van der Waals surface area contributed by atoms with Crippen LogP contribution in [-0.4, -0.2) is 23.7 Å². The lowest BCUT2D eigenvalue weighted by atomic mass is 9.98. The summed E-state index contributed by atoms with van der Waals surface area (Å²) in [7, 11) is 0. The van der Waals surface area contributed by atoms with Crippen LogP contribution in [0.5, 0.6) is 0 Å². The van der Waals surface area contributed by atoms with Crippen molar-refractivity contribution in [2.75, 3.05) is 0 Å². The van der Waals surface area contributed by atoms with Gasteiger partial charge in [-0.15, -0.1) is 0 Å². The molecule has 18 heavy (non-hydrogen) atoms. The molecule has 0 spiro atoms. The average molecular weight is 285 g/mol. The summed E-state index contributed by atoms with van der Waals surface area (Å²) in [6.45, 7) is 0.946. The third kappa shape index (κ3) is 3.98. The first-order valence-corrected chi connectivity index (χ1v) is 5.06. The van der Waals surface area contributed by atoms with E-state index in [-0.39, 0.29) is 6.92 Å². The third-order valence-corrected chi connectivity index (χ3v) is 2.39. The van der Waals surface area contributed by atoms with E-state index in [1.165, 1.54) is 0 Å². The van der Waals surface area contributed by atoms with Gasteiger partial charge in [-0.1, -0.05) is 6.92 Å². The quantitative estimate of drug-likeness (QED) is 0.581. The molecule has 0 heterocycles. The van der Waals surface area contributed by atoms with Crippen LogP contribution in [0.4, 0.5) is 35.1 Å². The van der Waals surface area contributed by atoms with Gasteiger partial charge in [0.2, 0.25) is 0 Å². The lowest BCUT2D eigenvalue weighted by Gasteiger charge is -2.29. The van der Waals surface area contributed by atoms with E-state index in [0.29, 0.717) is 0 Å². The SMILES string of the molecule is C[CH]CC(F)(F)C(F)(F)CCC(F)(F)C(C)(F)F. The van der Waals surface area contributed by atoms with Crippen LogP contribution in [0.1, 0.15) is 33.1 Å². The van der Waals surface area contributed by atoms with Crippen molar-refractivity contribution in [3.63, 3.8) is 0 Å². The Hall–Kier alpha value is -0.560. The molecule has 0 unspecified atom stereocenters. The van der Waals surface area contributed by atoms with Gasteiger partial charge in [0.1, 0.15) is 0 Å². The molecule has 1 radical (unpaired) electrons. The van der Waals surface area contributed by atoms with Gasteiger partial charge < -0.3 is 0 Å². The second-order valence-corrected chi connectivity index (χ2v) is 4.11. The van der Waals surface area contributed by atoms with E-state index in [2.05, 4.69) is 0 Å². The van der Waals surface area contributed by atoms with E-state index in [0.717, 1.165) is 13.3 Å². The molecular formula is C10H13F8. The van der Waals surface area contributed by atoms with Crippen LogP contribution in [0.25, 0.3) is 0 Å². The van der Waals surface area contributed by atoms with Crippen molar-refractivity contribution in [1.82, 2.24) is 0 Å². The van der Waals surface area contributed by atoms with Crippen LogP contribution >= 0.6 is 0 Å². The second kappa shape index (κ2) is 5.21. The molecule has 0 saturated heterocycles. The molecule has 0 saturated carbocycles. The van der Waals surface area contributed by atoms with Gasteiger partial charge in [-0.05, 0) is 6.42 Å². The highest BCUT2D eigenvalue weighted by Gasteiger charge is 2.59. The van der Waals surface area contributed by atoms with Gasteiger partial charge in [0, 0.05) is 26.2 Å². The fourth-order valence-corrected chi connectivity index (χ4v) is 1.12. The normalized spacial score (nSPS) is 15.0. The van der Waals surface area contributed by atoms with Crippen LogP contribution in [0.15, 0.2) is 0 Å². The van der Waals surface area contributed by atoms with Crippen LogP contribution in [0.3, 0.4) is 0 Å². The Morgan fingerprint density at radius 2 is 1.11 bits per heavy atom. The number of halogens is 8. The molecule has 0 nitrogen and oxygen atoms in total. The first-order chi connectivity index (χ1) is 7.77. The average Bonchev–Trinajstić information content (AvgIpc) is 2.13. The fraction of sp³-hybridized carbons (Fsp3) is 0.900. The van der Waals surface area contributed by atoms with E-state index >= 15 is 0 Å². The van der Waals surface area contributed by atoms with Crippen LogP contribution in [0, 0.1) is 6.42 Å². The van der Waals surface area contributed by atoms with Crippen molar-refractivity contribution in [3.8, 4) is 0 Å². The van der Waals surface area contributed by atoms with Crippen molar-refractivity contribution in [2.45, 2.75) is 56.8 Å². The summed E-state index contributed by atoms with van der Waals surface area (Å²) in [6.07, 6.45) is -4.58. The minimum absolute atomic E-state index is 0.150. The monoisotopic (exact) mass is 285 g/mol. The van der Waals surface area contributed by atoms with Crippen LogP contribution in [-0.2, 0) is 0 Å². The molecule has 0 N–H and O–H groups in total. The van der Waals surface area contributed by atoms with Gasteiger partial charge in [-0.2, -0.15) is 26.3 Å². The first-order valence-electron chi connectivity index (χ1n) is 5.06. The molecule has 109 valence electrons. The maximum absolute atomic E-state index is 13.0. The maximum Gasteiger partial charge on any atom is 0.310 e. The molecular weight excluding hydrogens is 272 g/mol. The summed E-state index contributed by atoms with van der Waals surface area (Å²) in [5.41, 5.74) is 0. The molecule has 0 aliphatic heterocycles. The minimum atomic E-state index is -4.76. The van der Waals surface area contributed by atoms with Crippen molar-refractivity contribution in [1.29, 1.82) is 0 Å². The summed E-state index contributed by atoms with van der Waals surface area (Å²) in [5, 5.41) is 0. The highest BCUT2D eigenvalue weighted by Crippen LogP contribution is 2.45. The third-order valence-electron chi connectivity index (χ3n) is 2.39. The Bertz CT molecular complexity index is 266. The summed E-state index contributed by atoms with van der Waals surface area (Å²) < 4.78 is 102. The van der Waals surface area contributed by atoms with Gasteiger partial charge in [-0.25, -0.2) is 8.78 Å². The molecule has 0 aromatic rings. The van der Waals surface area contributed by atoms with Crippen LogP contribution < -0.4 is 0 Å². The van der Waals surface area contributed by atoms with Crippen molar-refractivity contribution >= 4 is 0 Å². The van der Waals surface area contributed by atoms with Crippen LogP contribution in [0.2, 0.25) is 0 Å². The smallest absolute Gasteiger partial charge is 0.200 e. The fourth-order valence-electron chi connectivity index (χ4n) is 1.12. The second-order valence-electron chi connectivity index (χ2n) is 4.11. The molecule has 8 heteroatoms. The lowest BCUT2D eigenvalue weighted by Crippen LogP contribution is -2.44. The van der Waals surface area contributed by atoms with E-state index in [4.69, 9.17) is 0 Å². The highest BCUT2D eigenvalue weighted by atomic mass is 19.3. The molecule has 0 bridgehead atoms. The van der Waals surface area contributed by atoms with E-state index in [1.807, 2.05) is 0 Å². The van der Waals surface area contributed by atoms with Gasteiger partial charge in [0.15, 0.2) is 0 Å². The number of rotatable bonds is 7. The molecule has 0 fully saturated rings. The molecule has 0 aromatic carbocycles. The van der Waals surface area contributed by atoms with E-state index < -0.39 is 43.0 Å². The van der Waals surface area contributed by atoms with Gasteiger partial charge >= 0.3 is 23.7 Å². The summed E-state index contributed by atoms with van der Waals surface area (Å²) in [5.74, 6) is -18.6. The van der Waals surface area contributed by atoms with Gasteiger partial charge in [0.25, 0.3) is 0 Å². The number of alkyl halides is 8. The molecule has 0 aliphatic carbocycles. The zero-order valence-electron chi connectivity index (χ0n) is 9.72. The Labute approximate surface area is 99.3 Å². The van der Waals surface area contributed by atoms with Crippen molar-refractivity contribution in [2.24, 2.45) is 0 Å². The Balaban J connectivity index is 4.72.